The molecule has 0 radical (unpaired) electrons. The second-order valence-electron chi connectivity index (χ2n) is 7.72. The van der Waals surface area contributed by atoms with Crippen molar-refractivity contribution in [1.29, 1.82) is 0 Å². The predicted octanol–water partition coefficient (Wildman–Crippen LogP) is 6.74. The quantitative estimate of drug-likeness (QED) is 0.477. The number of benzene rings is 3. The molecule has 29 heavy (non-hydrogen) atoms. The van der Waals surface area contributed by atoms with Crippen molar-refractivity contribution >= 4 is 13.3 Å². The summed E-state index contributed by atoms with van der Waals surface area (Å²) in [4.78, 5) is 10.1. The van der Waals surface area contributed by atoms with Crippen LogP contribution in [0.15, 0.2) is 42.5 Å². The summed E-state index contributed by atoms with van der Waals surface area (Å²) in [5, 5.41) is 0.501. The van der Waals surface area contributed by atoms with Crippen molar-refractivity contribution in [1.82, 2.24) is 0 Å². The summed E-state index contributed by atoms with van der Waals surface area (Å²) in [5.74, 6) is 0. The molecule has 1 N–H and O–H groups in total. The van der Waals surface area contributed by atoms with E-state index in [0.29, 0.717) is 5.30 Å². The molecular weight excluding hydrogens is 375 g/mol. The fourth-order valence-corrected chi connectivity index (χ4v) is 4.94. The highest BCUT2D eigenvalue weighted by Crippen LogP contribution is 2.39. The third-order valence-electron chi connectivity index (χ3n) is 6.37. The Labute approximate surface area is 175 Å². The van der Waals surface area contributed by atoms with Gasteiger partial charge in [0.05, 0.1) is 0 Å². The molecule has 1 unspecified atom stereocenters. The Balaban J connectivity index is 2.39. The zero-order chi connectivity index (χ0) is 21.3. The molecule has 0 heterocycles. The average molecular weight is 405 g/mol. The molecule has 2 nitrogen and oxygen atoms in total. The summed E-state index contributed by atoms with van der Waals surface area (Å²) in [6, 6.07) is 14.4. The van der Waals surface area contributed by atoms with Crippen molar-refractivity contribution in [3.8, 4) is 22.3 Å². The van der Waals surface area contributed by atoms with Gasteiger partial charge in [0.25, 0.3) is 0 Å². The highest BCUT2D eigenvalue weighted by Gasteiger charge is 2.27. The van der Waals surface area contributed by atoms with Crippen molar-refractivity contribution < 1.29 is 9.46 Å². The van der Waals surface area contributed by atoms with Crippen LogP contribution in [0.2, 0.25) is 0 Å². The third kappa shape index (κ3) is 3.80. The van der Waals surface area contributed by atoms with Gasteiger partial charge in [0, 0.05) is 5.56 Å². The van der Waals surface area contributed by atoms with Crippen molar-refractivity contribution in [3.63, 3.8) is 0 Å². The van der Waals surface area contributed by atoms with Gasteiger partial charge in [-0.1, -0.05) is 50.2 Å². The van der Waals surface area contributed by atoms with E-state index in [1.54, 1.807) is 6.07 Å². The summed E-state index contributed by atoms with van der Waals surface area (Å²) in [5.41, 5.74) is 11.7. The van der Waals surface area contributed by atoms with Crippen molar-refractivity contribution in [2.45, 2.75) is 54.4 Å². The molecule has 3 rings (SSSR count). The molecule has 150 valence electrons. The SMILES string of the molecule is CCc1ccc(-c2cccc([P+](=O)O)c2-c2ccc(CC)c(C)c2C)c(C)c1C. The molecule has 0 fully saturated rings. The largest absolute Gasteiger partial charge is 0.546 e. The fraction of sp³-hybridized carbons (Fsp3) is 0.308. The van der Waals surface area contributed by atoms with E-state index >= 15 is 0 Å². The van der Waals surface area contributed by atoms with Crippen LogP contribution in [0.4, 0.5) is 0 Å². The van der Waals surface area contributed by atoms with Gasteiger partial charge in [-0.2, -0.15) is 4.89 Å². The Morgan fingerprint density at radius 1 is 0.690 bits per heavy atom. The monoisotopic (exact) mass is 405 g/mol. The van der Waals surface area contributed by atoms with Crippen LogP contribution in [0.5, 0.6) is 0 Å². The molecule has 0 aliphatic rings. The minimum atomic E-state index is -2.46. The molecular formula is C26H30O2P+. The highest BCUT2D eigenvalue weighted by molar-refractivity contribution is 7.47. The first-order valence-electron chi connectivity index (χ1n) is 10.3. The summed E-state index contributed by atoms with van der Waals surface area (Å²) in [6.45, 7) is 12.9. The average Bonchev–Trinajstić information content (AvgIpc) is 2.71. The Kier molecular flexibility index (Phi) is 6.36. The summed E-state index contributed by atoms with van der Waals surface area (Å²) in [7, 11) is -2.46. The maximum absolute atomic E-state index is 12.3. The number of aryl methyl sites for hydroxylation is 2. The molecule has 0 bridgehead atoms. The van der Waals surface area contributed by atoms with Crippen LogP contribution in [-0.2, 0) is 17.4 Å². The fourth-order valence-electron chi connectivity index (χ4n) is 4.29. The minimum absolute atomic E-state index is 0.501. The van der Waals surface area contributed by atoms with Crippen LogP contribution >= 0.6 is 8.03 Å². The molecule has 3 heteroatoms. The van der Waals surface area contributed by atoms with Gasteiger partial charge in [0.2, 0.25) is 5.30 Å². The molecule has 0 saturated heterocycles. The van der Waals surface area contributed by atoms with Crippen molar-refractivity contribution in [2.75, 3.05) is 0 Å². The minimum Gasteiger partial charge on any atom is -0.156 e. The second kappa shape index (κ2) is 8.61. The lowest BCUT2D eigenvalue weighted by Gasteiger charge is -2.18. The van der Waals surface area contributed by atoms with Gasteiger partial charge in [-0.25, -0.2) is 0 Å². The Morgan fingerprint density at radius 2 is 1.21 bits per heavy atom. The number of hydrogen-bond acceptors (Lipinski definition) is 1. The molecule has 3 aromatic rings. The van der Waals surface area contributed by atoms with E-state index in [1.807, 2.05) is 6.07 Å². The van der Waals surface area contributed by atoms with Crippen LogP contribution in [0.1, 0.15) is 47.2 Å². The smallest absolute Gasteiger partial charge is 0.156 e. The van der Waals surface area contributed by atoms with E-state index in [0.717, 1.165) is 35.1 Å². The van der Waals surface area contributed by atoms with Gasteiger partial charge in [-0.05, 0) is 101 Å². The predicted molar refractivity (Wildman–Crippen MR) is 124 cm³/mol. The van der Waals surface area contributed by atoms with Crippen molar-refractivity contribution in [3.05, 3.63) is 75.8 Å². The van der Waals surface area contributed by atoms with E-state index in [1.165, 1.54) is 33.4 Å². The van der Waals surface area contributed by atoms with Gasteiger partial charge >= 0.3 is 8.03 Å². The van der Waals surface area contributed by atoms with Gasteiger partial charge in [0.1, 0.15) is 0 Å². The lowest BCUT2D eigenvalue weighted by Crippen LogP contribution is -2.07. The topological polar surface area (TPSA) is 37.3 Å². The van der Waals surface area contributed by atoms with Gasteiger partial charge < -0.3 is 0 Å². The van der Waals surface area contributed by atoms with E-state index in [9.17, 15) is 9.46 Å². The second-order valence-corrected chi connectivity index (χ2v) is 8.75. The molecule has 0 aromatic heterocycles. The van der Waals surface area contributed by atoms with Crippen molar-refractivity contribution in [2.24, 2.45) is 0 Å². The molecule has 0 saturated carbocycles. The molecule has 1 atom stereocenters. The number of hydrogen-bond donors (Lipinski definition) is 1. The molecule has 0 amide bonds. The van der Waals surface area contributed by atoms with Crippen LogP contribution in [0.25, 0.3) is 22.3 Å². The highest BCUT2D eigenvalue weighted by atomic mass is 31.1. The number of rotatable bonds is 5. The summed E-state index contributed by atoms with van der Waals surface area (Å²) >= 11 is 0. The van der Waals surface area contributed by atoms with E-state index in [4.69, 9.17) is 0 Å². The lowest BCUT2D eigenvalue weighted by molar-refractivity contribution is 0.513. The van der Waals surface area contributed by atoms with Crippen LogP contribution in [0.3, 0.4) is 0 Å². The maximum Gasteiger partial charge on any atom is 0.546 e. The zero-order valence-electron chi connectivity index (χ0n) is 18.3. The Bertz CT molecular complexity index is 1100. The first-order chi connectivity index (χ1) is 13.8. The lowest BCUT2D eigenvalue weighted by atomic mass is 9.86. The van der Waals surface area contributed by atoms with Crippen LogP contribution < -0.4 is 5.30 Å². The standard InChI is InChI=1S/C26H29O2P/c1-7-20-12-14-22(18(5)16(20)3)24-10-9-11-25(29(27)28)26(24)23-15-13-21(8-2)17(4)19(23)6/h9-15H,7-8H2,1-6H3/p+1. The molecule has 0 spiro atoms. The summed E-state index contributed by atoms with van der Waals surface area (Å²) in [6.07, 6.45) is 1.98. The Hall–Kier alpha value is -2.28. The zero-order valence-corrected chi connectivity index (χ0v) is 19.2. The van der Waals surface area contributed by atoms with Gasteiger partial charge in [-0.3, -0.25) is 0 Å². The van der Waals surface area contributed by atoms with Crippen LogP contribution in [-0.4, -0.2) is 4.89 Å². The van der Waals surface area contributed by atoms with E-state index in [2.05, 4.69) is 71.9 Å². The summed E-state index contributed by atoms with van der Waals surface area (Å²) < 4.78 is 12.3. The van der Waals surface area contributed by atoms with Crippen LogP contribution in [0, 0.1) is 27.7 Å². The maximum atomic E-state index is 12.3. The van der Waals surface area contributed by atoms with E-state index in [-0.39, 0.29) is 0 Å². The molecule has 0 aliphatic carbocycles. The third-order valence-corrected chi connectivity index (χ3v) is 7.15. The first kappa shape index (κ1) is 21.4. The van der Waals surface area contributed by atoms with Gasteiger partial charge in [-0.15, -0.1) is 0 Å². The molecule has 0 aliphatic heterocycles. The normalized spacial score (nSPS) is 11.6. The van der Waals surface area contributed by atoms with E-state index < -0.39 is 8.03 Å². The van der Waals surface area contributed by atoms with Gasteiger partial charge in [0.15, 0.2) is 0 Å². The Morgan fingerprint density at radius 3 is 1.72 bits per heavy atom. The molecule has 3 aromatic carbocycles. The first-order valence-corrected chi connectivity index (χ1v) is 11.5.